The number of ether oxygens (including phenoxy) is 1. The Labute approximate surface area is 68.2 Å². The van der Waals surface area contributed by atoms with Crippen molar-refractivity contribution in [2.45, 2.75) is 6.43 Å². The van der Waals surface area contributed by atoms with Gasteiger partial charge in [-0.05, 0) is 0 Å². The van der Waals surface area contributed by atoms with Crippen molar-refractivity contribution in [1.82, 2.24) is 4.98 Å². The van der Waals surface area contributed by atoms with Crippen molar-refractivity contribution < 1.29 is 13.5 Å². The van der Waals surface area contributed by atoms with Gasteiger partial charge in [0.25, 0.3) is 6.43 Å². The first-order chi connectivity index (χ1) is 5.63. The van der Waals surface area contributed by atoms with Crippen molar-refractivity contribution in [3.05, 3.63) is 17.8 Å². The Balaban J connectivity index is 3.06. The summed E-state index contributed by atoms with van der Waals surface area (Å²) in [5.41, 5.74) is 4.88. The van der Waals surface area contributed by atoms with Gasteiger partial charge in [-0.1, -0.05) is 0 Å². The van der Waals surface area contributed by atoms with Crippen LogP contribution in [0.5, 0.6) is 5.75 Å². The predicted octanol–water partition coefficient (Wildman–Crippen LogP) is 1.61. The lowest BCUT2D eigenvalue weighted by Gasteiger charge is -2.03. The molecule has 0 fully saturated rings. The average molecular weight is 174 g/mol. The summed E-state index contributed by atoms with van der Waals surface area (Å²) in [5.74, 6) is 0.322. The lowest BCUT2D eigenvalue weighted by Crippen LogP contribution is -1.97. The van der Waals surface area contributed by atoms with E-state index in [-0.39, 0.29) is 17.3 Å². The highest BCUT2D eigenvalue weighted by Gasteiger charge is 2.10. The van der Waals surface area contributed by atoms with E-state index >= 15 is 0 Å². The first kappa shape index (κ1) is 8.70. The molecule has 0 aromatic carbocycles. The molecule has 12 heavy (non-hydrogen) atoms. The molecule has 3 nitrogen and oxygen atoms in total. The van der Waals surface area contributed by atoms with Crippen molar-refractivity contribution in [2.75, 3.05) is 12.8 Å². The quantitative estimate of drug-likeness (QED) is 0.740. The minimum atomic E-state index is -2.62. The number of nitrogens with zero attached hydrogens (tertiary/aromatic N) is 1. The summed E-state index contributed by atoms with van der Waals surface area (Å²) in [6, 6.07) is 2.53. The number of hydrogen-bond donors (Lipinski definition) is 1. The van der Waals surface area contributed by atoms with E-state index in [0.717, 1.165) is 6.07 Å². The zero-order chi connectivity index (χ0) is 9.14. The van der Waals surface area contributed by atoms with Crippen LogP contribution in [0.2, 0.25) is 0 Å². The van der Waals surface area contributed by atoms with Gasteiger partial charge in [0, 0.05) is 12.1 Å². The van der Waals surface area contributed by atoms with E-state index in [2.05, 4.69) is 4.98 Å². The van der Waals surface area contributed by atoms with E-state index in [1.165, 1.54) is 13.2 Å². The Bertz CT molecular complexity index is 278. The highest BCUT2D eigenvalue weighted by atomic mass is 19.3. The van der Waals surface area contributed by atoms with E-state index in [9.17, 15) is 8.78 Å². The van der Waals surface area contributed by atoms with Gasteiger partial charge in [-0.3, -0.25) is 0 Å². The van der Waals surface area contributed by atoms with Gasteiger partial charge in [-0.2, -0.15) is 0 Å². The van der Waals surface area contributed by atoms with Crippen molar-refractivity contribution >= 4 is 5.82 Å². The molecule has 1 aromatic rings. The summed E-state index contributed by atoms with van der Waals surface area (Å²) < 4.78 is 28.9. The summed E-state index contributed by atoms with van der Waals surface area (Å²) in [6.07, 6.45) is -2.62. The number of aromatic nitrogens is 1. The molecular weight excluding hydrogens is 166 g/mol. The first-order valence-electron chi connectivity index (χ1n) is 3.23. The van der Waals surface area contributed by atoms with Crippen LogP contribution >= 0.6 is 0 Å². The molecule has 0 aliphatic rings. The number of methoxy groups -OCH3 is 1. The van der Waals surface area contributed by atoms with Gasteiger partial charge in [0.2, 0.25) is 0 Å². The third-order valence-corrected chi connectivity index (χ3v) is 1.30. The van der Waals surface area contributed by atoms with Crippen LogP contribution < -0.4 is 10.5 Å². The number of rotatable bonds is 2. The SMILES string of the molecule is COc1cc(N)nc(C(F)F)c1. The Morgan fingerprint density at radius 3 is 2.67 bits per heavy atom. The highest BCUT2D eigenvalue weighted by Crippen LogP contribution is 2.22. The highest BCUT2D eigenvalue weighted by molar-refractivity contribution is 5.38. The monoisotopic (exact) mass is 174 g/mol. The van der Waals surface area contributed by atoms with Gasteiger partial charge in [-0.15, -0.1) is 0 Å². The average Bonchev–Trinajstić information content (AvgIpc) is 2.03. The van der Waals surface area contributed by atoms with Crippen LogP contribution in [0.1, 0.15) is 12.1 Å². The van der Waals surface area contributed by atoms with Gasteiger partial charge >= 0.3 is 0 Å². The number of pyridine rings is 1. The molecule has 0 aliphatic carbocycles. The molecule has 0 spiro atoms. The summed E-state index contributed by atoms with van der Waals surface area (Å²) in [5, 5.41) is 0. The summed E-state index contributed by atoms with van der Waals surface area (Å²) in [6.45, 7) is 0. The molecule has 1 rings (SSSR count). The number of nitrogens with two attached hydrogens (primary N) is 1. The summed E-state index contributed by atoms with van der Waals surface area (Å²) in [4.78, 5) is 3.43. The van der Waals surface area contributed by atoms with E-state index in [4.69, 9.17) is 10.5 Å². The minimum Gasteiger partial charge on any atom is -0.497 e. The van der Waals surface area contributed by atoms with Crippen LogP contribution in [-0.4, -0.2) is 12.1 Å². The number of nitrogen functional groups attached to an aromatic ring is 1. The molecule has 0 unspecified atom stereocenters. The zero-order valence-electron chi connectivity index (χ0n) is 6.42. The number of alkyl halides is 2. The third kappa shape index (κ3) is 1.81. The fourth-order valence-corrected chi connectivity index (χ4v) is 0.776. The molecule has 66 valence electrons. The zero-order valence-corrected chi connectivity index (χ0v) is 6.42. The van der Waals surface area contributed by atoms with Gasteiger partial charge in [0.05, 0.1) is 7.11 Å². The van der Waals surface area contributed by atoms with Crippen LogP contribution in [0.3, 0.4) is 0 Å². The minimum absolute atomic E-state index is 0.0321. The number of anilines is 1. The van der Waals surface area contributed by atoms with E-state index in [0.29, 0.717) is 0 Å². The van der Waals surface area contributed by atoms with Crippen molar-refractivity contribution in [3.8, 4) is 5.75 Å². The van der Waals surface area contributed by atoms with Crippen molar-refractivity contribution in [1.29, 1.82) is 0 Å². The van der Waals surface area contributed by atoms with Crippen LogP contribution in [0.25, 0.3) is 0 Å². The Morgan fingerprint density at radius 1 is 1.50 bits per heavy atom. The van der Waals surface area contributed by atoms with E-state index < -0.39 is 6.43 Å². The second kappa shape index (κ2) is 3.34. The normalized spacial score (nSPS) is 10.3. The van der Waals surface area contributed by atoms with Crippen molar-refractivity contribution in [3.63, 3.8) is 0 Å². The molecule has 0 saturated carbocycles. The largest absolute Gasteiger partial charge is 0.497 e. The maximum atomic E-state index is 12.1. The topological polar surface area (TPSA) is 48.1 Å². The number of halogens is 2. The van der Waals surface area contributed by atoms with Gasteiger partial charge in [-0.25, -0.2) is 13.8 Å². The molecular formula is C7H8F2N2O. The molecule has 1 heterocycles. The van der Waals surface area contributed by atoms with E-state index in [1.807, 2.05) is 0 Å². The molecule has 0 amide bonds. The van der Waals surface area contributed by atoms with Gasteiger partial charge in [0.1, 0.15) is 17.3 Å². The smallest absolute Gasteiger partial charge is 0.280 e. The van der Waals surface area contributed by atoms with Crippen LogP contribution in [0.4, 0.5) is 14.6 Å². The molecule has 1 aromatic heterocycles. The van der Waals surface area contributed by atoms with Crippen LogP contribution in [-0.2, 0) is 0 Å². The standard InChI is InChI=1S/C7H8F2N2O/c1-12-4-2-5(7(8)9)11-6(10)3-4/h2-3,7H,1H3,(H2,10,11). The Kier molecular flexibility index (Phi) is 2.42. The lowest BCUT2D eigenvalue weighted by atomic mass is 10.3. The second-order valence-electron chi connectivity index (χ2n) is 2.16. The summed E-state index contributed by atoms with van der Waals surface area (Å²) >= 11 is 0. The predicted molar refractivity (Wildman–Crippen MR) is 40.2 cm³/mol. The Morgan fingerprint density at radius 2 is 2.17 bits per heavy atom. The lowest BCUT2D eigenvalue weighted by molar-refractivity contribution is 0.146. The Hall–Kier alpha value is -1.39. The fourth-order valence-electron chi connectivity index (χ4n) is 0.776. The van der Waals surface area contributed by atoms with Crippen LogP contribution in [0.15, 0.2) is 12.1 Å². The van der Waals surface area contributed by atoms with Gasteiger partial charge in [0.15, 0.2) is 0 Å². The van der Waals surface area contributed by atoms with Crippen LogP contribution in [0, 0.1) is 0 Å². The molecule has 5 heteroatoms. The second-order valence-corrected chi connectivity index (χ2v) is 2.16. The van der Waals surface area contributed by atoms with E-state index in [1.54, 1.807) is 0 Å². The summed E-state index contributed by atoms with van der Waals surface area (Å²) in [7, 11) is 1.38. The maximum Gasteiger partial charge on any atom is 0.280 e. The molecule has 0 bridgehead atoms. The molecule has 0 aliphatic heterocycles. The molecule has 2 N–H and O–H groups in total. The van der Waals surface area contributed by atoms with Crippen molar-refractivity contribution in [2.24, 2.45) is 0 Å². The molecule has 0 saturated heterocycles. The molecule has 0 atom stereocenters. The third-order valence-electron chi connectivity index (χ3n) is 1.30. The maximum absolute atomic E-state index is 12.1. The fraction of sp³-hybridized carbons (Fsp3) is 0.286. The van der Waals surface area contributed by atoms with Gasteiger partial charge < -0.3 is 10.5 Å². The molecule has 0 radical (unpaired) electrons. The first-order valence-corrected chi connectivity index (χ1v) is 3.23. The number of hydrogen-bond acceptors (Lipinski definition) is 3.